The van der Waals surface area contributed by atoms with Crippen LogP contribution in [0.2, 0.25) is 5.02 Å². The number of halogens is 1. The summed E-state index contributed by atoms with van der Waals surface area (Å²) in [6.07, 6.45) is 0.262. The van der Waals surface area contributed by atoms with Gasteiger partial charge >= 0.3 is 5.97 Å². The van der Waals surface area contributed by atoms with Crippen LogP contribution in [0, 0.1) is 6.92 Å². The highest BCUT2D eigenvalue weighted by Crippen LogP contribution is 2.16. The Balaban J connectivity index is 2.15. The number of nitrogens with one attached hydrogen (secondary N) is 1. The van der Waals surface area contributed by atoms with Crippen LogP contribution in [0.25, 0.3) is 0 Å². The number of carbonyl (C=O) groups excluding carboxylic acids is 2. The first-order valence-electron chi connectivity index (χ1n) is 6.65. The number of H-pyrrole nitrogens is 1. The molecule has 0 bridgehead atoms. The molecule has 0 atom stereocenters. The Hall–Kier alpha value is -2.07. The minimum Gasteiger partial charge on any atom is -0.461 e. The maximum absolute atomic E-state index is 12.3. The van der Waals surface area contributed by atoms with E-state index in [2.05, 4.69) is 4.98 Å². The van der Waals surface area contributed by atoms with Crippen molar-refractivity contribution in [1.29, 1.82) is 0 Å². The van der Waals surface area contributed by atoms with E-state index in [1.165, 1.54) is 0 Å². The number of esters is 1. The molecule has 0 aliphatic carbocycles. The smallest absolute Gasteiger partial charge is 0.354 e. The van der Waals surface area contributed by atoms with E-state index >= 15 is 0 Å². The fourth-order valence-electron chi connectivity index (χ4n) is 2.05. The van der Waals surface area contributed by atoms with Gasteiger partial charge in [-0.25, -0.2) is 4.79 Å². The molecule has 0 saturated carbocycles. The lowest BCUT2D eigenvalue weighted by Gasteiger charge is -2.01. The molecule has 1 N–H and O–H groups in total. The van der Waals surface area contributed by atoms with Gasteiger partial charge in [-0.15, -0.1) is 0 Å². The van der Waals surface area contributed by atoms with Gasteiger partial charge in [-0.1, -0.05) is 23.7 Å². The molecule has 2 rings (SSSR count). The molecular formula is C16H16ClNO3. The minimum atomic E-state index is -0.453. The predicted molar refractivity (Wildman–Crippen MR) is 81.0 cm³/mol. The molecule has 4 nitrogen and oxygen atoms in total. The molecule has 0 saturated heterocycles. The molecule has 1 aromatic carbocycles. The Morgan fingerprint density at radius 2 is 1.90 bits per heavy atom. The van der Waals surface area contributed by atoms with Gasteiger partial charge in [0.15, 0.2) is 5.78 Å². The average molecular weight is 306 g/mol. The van der Waals surface area contributed by atoms with E-state index in [4.69, 9.17) is 16.3 Å². The third-order valence-electron chi connectivity index (χ3n) is 3.09. The van der Waals surface area contributed by atoms with E-state index in [0.717, 1.165) is 5.56 Å². The van der Waals surface area contributed by atoms with E-state index in [-0.39, 0.29) is 12.2 Å². The molecule has 0 aliphatic heterocycles. The quantitative estimate of drug-likeness (QED) is 0.678. The first-order chi connectivity index (χ1) is 10.0. The van der Waals surface area contributed by atoms with Crippen molar-refractivity contribution >= 4 is 23.4 Å². The number of aryl methyl sites for hydroxylation is 1. The molecule has 1 heterocycles. The summed E-state index contributed by atoms with van der Waals surface area (Å²) >= 11 is 5.82. The monoisotopic (exact) mass is 305 g/mol. The SMILES string of the molecule is CCOC(=O)c1cc(C(=O)Cc2ccc(Cl)cc2)c(C)[nH]1. The van der Waals surface area contributed by atoms with Gasteiger partial charge in [0.2, 0.25) is 0 Å². The lowest BCUT2D eigenvalue weighted by Crippen LogP contribution is -2.05. The third kappa shape index (κ3) is 3.73. The molecule has 0 spiro atoms. The van der Waals surface area contributed by atoms with Crippen molar-refractivity contribution in [2.24, 2.45) is 0 Å². The molecule has 2 aromatic rings. The fourth-order valence-corrected chi connectivity index (χ4v) is 2.18. The van der Waals surface area contributed by atoms with Crippen molar-refractivity contribution < 1.29 is 14.3 Å². The number of Topliss-reactive ketones (excluding diaryl/α,β-unsaturated/α-hetero) is 1. The van der Waals surface area contributed by atoms with Crippen LogP contribution < -0.4 is 0 Å². The molecule has 21 heavy (non-hydrogen) atoms. The van der Waals surface area contributed by atoms with Crippen LogP contribution in [0.15, 0.2) is 30.3 Å². The maximum Gasteiger partial charge on any atom is 0.354 e. The molecule has 0 fully saturated rings. The van der Waals surface area contributed by atoms with Crippen molar-refractivity contribution in [3.8, 4) is 0 Å². The summed E-state index contributed by atoms with van der Waals surface area (Å²) < 4.78 is 4.91. The standard InChI is InChI=1S/C16H16ClNO3/c1-3-21-16(20)14-9-13(10(2)18-14)15(19)8-11-4-6-12(17)7-5-11/h4-7,9,18H,3,8H2,1-2H3. The Labute approximate surface area is 128 Å². The fraction of sp³-hybridized carbons (Fsp3) is 0.250. The zero-order chi connectivity index (χ0) is 15.4. The highest BCUT2D eigenvalue weighted by atomic mass is 35.5. The Kier molecular flexibility index (Phi) is 4.81. The van der Waals surface area contributed by atoms with Crippen molar-refractivity contribution in [1.82, 2.24) is 4.98 Å². The molecule has 0 aliphatic rings. The van der Waals surface area contributed by atoms with Crippen molar-refractivity contribution in [2.75, 3.05) is 6.61 Å². The van der Waals surface area contributed by atoms with E-state index in [0.29, 0.717) is 28.6 Å². The number of ether oxygens (including phenoxy) is 1. The Bertz CT molecular complexity index is 659. The second-order valence-electron chi connectivity index (χ2n) is 4.67. The number of rotatable bonds is 5. The summed E-state index contributed by atoms with van der Waals surface area (Å²) in [6.45, 7) is 3.79. The van der Waals surface area contributed by atoms with Crippen LogP contribution in [0.3, 0.4) is 0 Å². The van der Waals surface area contributed by atoms with Gasteiger partial charge < -0.3 is 9.72 Å². The average Bonchev–Trinajstić information content (AvgIpc) is 2.84. The van der Waals surface area contributed by atoms with Gasteiger partial charge in [0, 0.05) is 22.7 Å². The molecule has 1 aromatic heterocycles. The first kappa shape index (κ1) is 15.3. The van der Waals surface area contributed by atoms with Gasteiger partial charge in [0.05, 0.1) is 6.61 Å². The number of carbonyl (C=O) groups is 2. The van der Waals surface area contributed by atoms with Crippen LogP contribution in [0.5, 0.6) is 0 Å². The van der Waals surface area contributed by atoms with E-state index in [9.17, 15) is 9.59 Å². The molecule has 0 unspecified atom stereocenters. The van der Waals surface area contributed by atoms with Gasteiger partial charge in [-0.05, 0) is 37.6 Å². The number of hydrogen-bond acceptors (Lipinski definition) is 3. The van der Waals surface area contributed by atoms with Gasteiger partial charge in [0.25, 0.3) is 0 Å². The highest BCUT2D eigenvalue weighted by Gasteiger charge is 2.17. The van der Waals surface area contributed by atoms with Crippen molar-refractivity contribution in [3.05, 3.63) is 57.9 Å². The second-order valence-corrected chi connectivity index (χ2v) is 5.11. The van der Waals surface area contributed by atoms with Crippen LogP contribution in [-0.4, -0.2) is 23.3 Å². The Morgan fingerprint density at radius 1 is 1.24 bits per heavy atom. The summed E-state index contributed by atoms with van der Waals surface area (Å²) in [7, 11) is 0. The van der Waals surface area contributed by atoms with Crippen LogP contribution in [0.4, 0.5) is 0 Å². The topological polar surface area (TPSA) is 59.2 Å². The first-order valence-corrected chi connectivity index (χ1v) is 7.03. The summed E-state index contributed by atoms with van der Waals surface area (Å²) in [5.41, 5.74) is 2.35. The normalized spacial score (nSPS) is 10.4. The van der Waals surface area contributed by atoms with E-state index < -0.39 is 5.97 Å². The number of hydrogen-bond donors (Lipinski definition) is 1. The lowest BCUT2D eigenvalue weighted by molar-refractivity contribution is 0.0520. The summed E-state index contributed by atoms with van der Waals surface area (Å²) in [6, 6.07) is 8.67. The van der Waals surface area contributed by atoms with Gasteiger partial charge in [-0.3, -0.25) is 4.79 Å². The van der Waals surface area contributed by atoms with Crippen molar-refractivity contribution in [2.45, 2.75) is 20.3 Å². The van der Waals surface area contributed by atoms with Crippen LogP contribution in [-0.2, 0) is 11.2 Å². The number of ketones is 1. The van der Waals surface area contributed by atoms with Gasteiger partial charge in [-0.2, -0.15) is 0 Å². The molecular weight excluding hydrogens is 290 g/mol. The Morgan fingerprint density at radius 3 is 2.52 bits per heavy atom. The van der Waals surface area contributed by atoms with Crippen LogP contribution >= 0.6 is 11.6 Å². The molecule has 0 amide bonds. The van der Waals surface area contributed by atoms with Gasteiger partial charge in [0.1, 0.15) is 5.69 Å². The lowest BCUT2D eigenvalue weighted by atomic mass is 10.0. The largest absolute Gasteiger partial charge is 0.461 e. The molecule has 5 heteroatoms. The zero-order valence-corrected chi connectivity index (χ0v) is 12.7. The third-order valence-corrected chi connectivity index (χ3v) is 3.34. The predicted octanol–water partition coefficient (Wildman–Crippen LogP) is 3.58. The molecule has 0 radical (unpaired) electrons. The zero-order valence-electron chi connectivity index (χ0n) is 11.9. The summed E-state index contributed by atoms with van der Waals surface area (Å²) in [5.74, 6) is -0.507. The summed E-state index contributed by atoms with van der Waals surface area (Å²) in [4.78, 5) is 26.8. The van der Waals surface area contributed by atoms with E-state index in [1.807, 2.05) is 12.1 Å². The second kappa shape index (κ2) is 6.59. The number of benzene rings is 1. The molecule has 110 valence electrons. The summed E-state index contributed by atoms with van der Waals surface area (Å²) in [5, 5.41) is 0.633. The highest BCUT2D eigenvalue weighted by molar-refractivity contribution is 6.30. The maximum atomic E-state index is 12.3. The minimum absolute atomic E-state index is 0.0541. The number of aromatic amines is 1. The van der Waals surface area contributed by atoms with E-state index in [1.54, 1.807) is 32.0 Å². The van der Waals surface area contributed by atoms with Crippen LogP contribution in [0.1, 0.15) is 39.0 Å². The van der Waals surface area contributed by atoms with Crippen molar-refractivity contribution in [3.63, 3.8) is 0 Å². The number of aromatic nitrogens is 1.